The summed E-state index contributed by atoms with van der Waals surface area (Å²) in [5.41, 5.74) is -0.401. The Hall–Kier alpha value is -2.30. The first-order chi connectivity index (χ1) is 7.78. The van der Waals surface area contributed by atoms with Crippen LogP contribution in [0.4, 0.5) is 0 Å². The highest BCUT2D eigenvalue weighted by molar-refractivity contribution is 5.33. The number of methoxy groups -OCH3 is 1. The molecule has 5 nitrogen and oxygen atoms in total. The van der Waals surface area contributed by atoms with Gasteiger partial charge in [0.05, 0.1) is 19.5 Å². The van der Waals surface area contributed by atoms with E-state index < -0.39 is 5.69 Å². The van der Waals surface area contributed by atoms with Crippen molar-refractivity contribution in [2.45, 2.75) is 0 Å². The van der Waals surface area contributed by atoms with Crippen molar-refractivity contribution in [1.29, 1.82) is 0 Å². The molecule has 0 saturated heterocycles. The Balaban J connectivity index is 2.14. The lowest BCUT2D eigenvalue weighted by Gasteiger charge is -2.05. The van der Waals surface area contributed by atoms with E-state index >= 15 is 0 Å². The summed E-state index contributed by atoms with van der Waals surface area (Å²) in [6.45, 7) is 0. The number of nitrogens with one attached hydrogen (secondary N) is 1. The molecule has 1 aromatic heterocycles. The van der Waals surface area contributed by atoms with E-state index in [9.17, 15) is 4.79 Å². The van der Waals surface area contributed by atoms with Crippen LogP contribution in [0.3, 0.4) is 0 Å². The second-order valence-electron chi connectivity index (χ2n) is 3.03. The van der Waals surface area contributed by atoms with Crippen molar-refractivity contribution in [2.75, 3.05) is 7.11 Å². The fourth-order valence-electron chi connectivity index (χ4n) is 1.17. The van der Waals surface area contributed by atoms with E-state index in [0.717, 1.165) is 5.75 Å². The number of ether oxygens (including phenoxy) is 2. The van der Waals surface area contributed by atoms with Gasteiger partial charge in [0, 0.05) is 0 Å². The van der Waals surface area contributed by atoms with Crippen LogP contribution in [0.15, 0.2) is 41.5 Å². The Morgan fingerprint density at radius 3 is 2.38 bits per heavy atom. The molecule has 0 saturated carbocycles. The van der Waals surface area contributed by atoms with Gasteiger partial charge in [-0.05, 0) is 24.3 Å². The molecule has 0 unspecified atom stereocenters. The summed E-state index contributed by atoms with van der Waals surface area (Å²) in [5, 5.41) is 0. The summed E-state index contributed by atoms with van der Waals surface area (Å²) in [7, 11) is 1.60. The third-order valence-electron chi connectivity index (χ3n) is 1.94. The van der Waals surface area contributed by atoms with Gasteiger partial charge in [-0.3, -0.25) is 0 Å². The SMILES string of the molecule is COc1ccc(Oc2cnc(=O)[nH]c2)cc1. The quantitative estimate of drug-likeness (QED) is 0.849. The maximum atomic E-state index is 10.7. The van der Waals surface area contributed by atoms with Crippen LogP contribution in [0.2, 0.25) is 0 Å². The van der Waals surface area contributed by atoms with E-state index in [1.54, 1.807) is 31.4 Å². The molecule has 0 aliphatic carbocycles. The lowest BCUT2D eigenvalue weighted by Crippen LogP contribution is -2.07. The van der Waals surface area contributed by atoms with E-state index in [1.165, 1.54) is 12.4 Å². The molecule has 82 valence electrons. The zero-order chi connectivity index (χ0) is 11.4. The van der Waals surface area contributed by atoms with Crippen LogP contribution in [-0.4, -0.2) is 17.1 Å². The first kappa shape index (κ1) is 10.2. The van der Waals surface area contributed by atoms with E-state index in [4.69, 9.17) is 9.47 Å². The number of H-pyrrole nitrogens is 1. The maximum absolute atomic E-state index is 10.7. The van der Waals surface area contributed by atoms with Gasteiger partial charge >= 0.3 is 5.69 Å². The van der Waals surface area contributed by atoms with E-state index in [0.29, 0.717) is 11.5 Å². The largest absolute Gasteiger partial charge is 0.497 e. The molecular formula is C11H10N2O3. The normalized spacial score (nSPS) is 9.81. The van der Waals surface area contributed by atoms with E-state index in [1.807, 2.05) is 0 Å². The highest BCUT2D eigenvalue weighted by Crippen LogP contribution is 2.21. The minimum absolute atomic E-state index is 0.401. The summed E-state index contributed by atoms with van der Waals surface area (Å²) in [6.07, 6.45) is 2.82. The lowest BCUT2D eigenvalue weighted by molar-refractivity contribution is 0.412. The standard InChI is InChI=1S/C11H10N2O3/c1-15-8-2-4-9(5-3-8)16-10-6-12-11(14)13-7-10/h2-7H,1H3,(H,12,13,14). The van der Waals surface area contributed by atoms with Crippen molar-refractivity contribution < 1.29 is 9.47 Å². The Kier molecular flexibility index (Phi) is 2.86. The monoisotopic (exact) mass is 218 g/mol. The second kappa shape index (κ2) is 4.48. The molecule has 2 rings (SSSR count). The Morgan fingerprint density at radius 2 is 1.81 bits per heavy atom. The zero-order valence-corrected chi connectivity index (χ0v) is 8.64. The fraction of sp³-hybridized carbons (Fsp3) is 0.0909. The van der Waals surface area contributed by atoms with Gasteiger partial charge in [-0.2, -0.15) is 4.98 Å². The topological polar surface area (TPSA) is 64.2 Å². The minimum Gasteiger partial charge on any atom is -0.497 e. The number of aromatic amines is 1. The number of rotatable bonds is 3. The molecule has 0 aliphatic rings. The third-order valence-corrected chi connectivity index (χ3v) is 1.94. The highest BCUT2D eigenvalue weighted by Gasteiger charge is 1.98. The van der Waals surface area contributed by atoms with Crippen molar-refractivity contribution in [1.82, 2.24) is 9.97 Å². The van der Waals surface area contributed by atoms with Gasteiger partial charge in [0.25, 0.3) is 0 Å². The first-order valence-electron chi connectivity index (χ1n) is 4.64. The smallest absolute Gasteiger partial charge is 0.345 e. The van der Waals surface area contributed by atoms with Gasteiger partial charge in [-0.25, -0.2) is 4.79 Å². The average molecular weight is 218 g/mol. The predicted molar refractivity (Wildman–Crippen MR) is 57.9 cm³/mol. The molecular weight excluding hydrogens is 208 g/mol. The van der Waals surface area contributed by atoms with Crippen molar-refractivity contribution in [3.63, 3.8) is 0 Å². The molecule has 1 aromatic carbocycles. The van der Waals surface area contributed by atoms with Gasteiger partial charge in [-0.15, -0.1) is 0 Å². The predicted octanol–water partition coefficient (Wildman–Crippen LogP) is 1.57. The summed E-state index contributed by atoms with van der Waals surface area (Å²) in [6, 6.07) is 7.11. The number of benzene rings is 1. The molecule has 1 heterocycles. The summed E-state index contributed by atoms with van der Waals surface area (Å²) in [4.78, 5) is 16.7. The summed E-state index contributed by atoms with van der Waals surface area (Å²) in [5.74, 6) is 1.88. The second-order valence-corrected chi connectivity index (χ2v) is 3.03. The molecule has 0 spiro atoms. The van der Waals surface area contributed by atoms with Crippen molar-refractivity contribution in [3.8, 4) is 17.2 Å². The minimum atomic E-state index is -0.401. The third kappa shape index (κ3) is 2.38. The van der Waals surface area contributed by atoms with Crippen molar-refractivity contribution in [2.24, 2.45) is 0 Å². The Bertz CT molecular complexity index is 499. The highest BCUT2D eigenvalue weighted by atomic mass is 16.5. The van der Waals surface area contributed by atoms with Crippen LogP contribution >= 0.6 is 0 Å². The number of hydrogen-bond acceptors (Lipinski definition) is 4. The van der Waals surface area contributed by atoms with Gasteiger partial charge < -0.3 is 14.5 Å². The molecule has 0 fully saturated rings. The molecule has 0 aliphatic heterocycles. The van der Waals surface area contributed by atoms with Crippen LogP contribution in [0.25, 0.3) is 0 Å². The molecule has 1 N–H and O–H groups in total. The molecule has 0 atom stereocenters. The number of nitrogens with zero attached hydrogens (tertiary/aromatic N) is 1. The Labute approximate surface area is 91.7 Å². The fourth-order valence-corrected chi connectivity index (χ4v) is 1.17. The average Bonchev–Trinajstić information content (AvgIpc) is 2.33. The number of hydrogen-bond donors (Lipinski definition) is 1. The molecule has 0 bridgehead atoms. The maximum Gasteiger partial charge on any atom is 0.345 e. The first-order valence-corrected chi connectivity index (χ1v) is 4.64. The Morgan fingerprint density at radius 1 is 1.12 bits per heavy atom. The van der Waals surface area contributed by atoms with Gasteiger partial charge in [0.1, 0.15) is 11.5 Å². The van der Waals surface area contributed by atoms with Crippen LogP contribution < -0.4 is 15.2 Å². The lowest BCUT2D eigenvalue weighted by atomic mass is 10.3. The number of aromatic nitrogens is 2. The van der Waals surface area contributed by atoms with Gasteiger partial charge in [-0.1, -0.05) is 0 Å². The van der Waals surface area contributed by atoms with E-state index in [2.05, 4.69) is 9.97 Å². The summed E-state index contributed by atoms with van der Waals surface area (Å²) >= 11 is 0. The zero-order valence-electron chi connectivity index (χ0n) is 8.64. The molecule has 16 heavy (non-hydrogen) atoms. The van der Waals surface area contributed by atoms with Gasteiger partial charge in [0.2, 0.25) is 0 Å². The summed E-state index contributed by atoms with van der Waals surface area (Å²) < 4.78 is 10.5. The van der Waals surface area contributed by atoms with Crippen LogP contribution in [0.1, 0.15) is 0 Å². The van der Waals surface area contributed by atoms with Crippen LogP contribution in [-0.2, 0) is 0 Å². The molecule has 0 radical (unpaired) electrons. The van der Waals surface area contributed by atoms with E-state index in [-0.39, 0.29) is 0 Å². The van der Waals surface area contributed by atoms with Crippen LogP contribution in [0.5, 0.6) is 17.2 Å². The van der Waals surface area contributed by atoms with Crippen molar-refractivity contribution in [3.05, 3.63) is 47.1 Å². The molecule has 2 aromatic rings. The van der Waals surface area contributed by atoms with Crippen molar-refractivity contribution >= 4 is 0 Å². The molecule has 5 heteroatoms. The molecule has 0 amide bonds. The van der Waals surface area contributed by atoms with Gasteiger partial charge in [0.15, 0.2) is 5.75 Å². The van der Waals surface area contributed by atoms with Crippen LogP contribution in [0, 0.1) is 0 Å².